The summed E-state index contributed by atoms with van der Waals surface area (Å²) in [4.78, 5) is 11.8. The van der Waals surface area contributed by atoms with Crippen molar-refractivity contribution in [3.8, 4) is 22.9 Å². The molecule has 32 heavy (non-hydrogen) atoms. The minimum absolute atomic E-state index is 0.634. The van der Waals surface area contributed by atoms with Gasteiger partial charge in [0.2, 0.25) is 5.88 Å². The van der Waals surface area contributed by atoms with Gasteiger partial charge in [-0.05, 0) is 48.9 Å². The predicted octanol–water partition coefficient (Wildman–Crippen LogP) is 4.55. The van der Waals surface area contributed by atoms with E-state index in [4.69, 9.17) is 14.5 Å². The average Bonchev–Trinajstić information content (AvgIpc) is 3.10. The summed E-state index contributed by atoms with van der Waals surface area (Å²) in [5, 5.41) is 0. The zero-order chi connectivity index (χ0) is 22.5. The van der Waals surface area contributed by atoms with Crippen molar-refractivity contribution in [1.82, 2.24) is 4.98 Å². The molecule has 1 fully saturated rings. The molecule has 1 saturated heterocycles. The number of pyridine rings is 1. The molecule has 2 aromatic carbocycles. The highest BCUT2D eigenvalue weighted by Gasteiger charge is 2.20. The molecule has 168 valence electrons. The third-order valence-electron chi connectivity index (χ3n) is 5.99. The van der Waals surface area contributed by atoms with E-state index >= 15 is 0 Å². The minimum Gasteiger partial charge on any atom is -0.497 e. The van der Waals surface area contributed by atoms with E-state index in [0.29, 0.717) is 5.88 Å². The molecule has 0 amide bonds. The molecule has 6 heteroatoms. The lowest BCUT2D eigenvalue weighted by Gasteiger charge is -2.26. The van der Waals surface area contributed by atoms with Crippen molar-refractivity contribution in [2.24, 2.45) is 0 Å². The number of nitrogens with zero attached hydrogens (tertiary/aromatic N) is 4. The SMILES string of the molecule is COc1ccc(N2CCCN(c3ccc(OC)nc3-c3ccc(N(C)C)cc3)CC2)cc1. The largest absolute Gasteiger partial charge is 0.497 e. The Bertz CT molecular complexity index is 1020. The monoisotopic (exact) mass is 432 g/mol. The predicted molar refractivity (Wildman–Crippen MR) is 133 cm³/mol. The maximum absolute atomic E-state index is 5.44. The minimum atomic E-state index is 0.634. The molecular weight excluding hydrogens is 400 g/mol. The van der Waals surface area contributed by atoms with Crippen molar-refractivity contribution in [2.75, 3.05) is 69.2 Å². The second kappa shape index (κ2) is 9.81. The Balaban J connectivity index is 1.58. The molecular formula is C26H32N4O2. The molecule has 0 radical (unpaired) electrons. The summed E-state index contributed by atoms with van der Waals surface area (Å²) in [7, 11) is 7.47. The van der Waals surface area contributed by atoms with Crippen LogP contribution in [0, 0.1) is 0 Å². The van der Waals surface area contributed by atoms with Crippen LogP contribution in [0.5, 0.6) is 11.6 Å². The summed E-state index contributed by atoms with van der Waals surface area (Å²) in [5.74, 6) is 1.52. The Kier molecular flexibility index (Phi) is 6.69. The van der Waals surface area contributed by atoms with Crippen molar-refractivity contribution >= 4 is 17.1 Å². The Labute approximate surface area is 191 Å². The van der Waals surface area contributed by atoms with E-state index in [0.717, 1.165) is 55.3 Å². The molecule has 0 spiro atoms. The first-order valence-electron chi connectivity index (χ1n) is 11.1. The first-order valence-corrected chi connectivity index (χ1v) is 11.1. The smallest absolute Gasteiger partial charge is 0.213 e. The van der Waals surface area contributed by atoms with Gasteiger partial charge in [-0.15, -0.1) is 0 Å². The molecule has 0 N–H and O–H groups in total. The van der Waals surface area contributed by atoms with E-state index in [9.17, 15) is 0 Å². The Morgan fingerprint density at radius 2 is 1.44 bits per heavy atom. The third-order valence-corrected chi connectivity index (χ3v) is 5.99. The molecule has 0 unspecified atom stereocenters. The van der Waals surface area contributed by atoms with Crippen LogP contribution in [-0.4, -0.2) is 59.5 Å². The van der Waals surface area contributed by atoms with Gasteiger partial charge < -0.3 is 24.2 Å². The van der Waals surface area contributed by atoms with Crippen LogP contribution in [0.2, 0.25) is 0 Å². The van der Waals surface area contributed by atoms with Crippen LogP contribution in [0.3, 0.4) is 0 Å². The van der Waals surface area contributed by atoms with Gasteiger partial charge in [-0.1, -0.05) is 12.1 Å². The van der Waals surface area contributed by atoms with Gasteiger partial charge in [0.15, 0.2) is 0 Å². The van der Waals surface area contributed by atoms with Crippen molar-refractivity contribution in [2.45, 2.75) is 6.42 Å². The van der Waals surface area contributed by atoms with Gasteiger partial charge in [-0.2, -0.15) is 0 Å². The van der Waals surface area contributed by atoms with Crippen molar-refractivity contribution in [3.05, 3.63) is 60.7 Å². The lowest BCUT2D eigenvalue weighted by molar-refractivity contribution is 0.398. The Hall–Kier alpha value is -3.41. The van der Waals surface area contributed by atoms with E-state index in [1.54, 1.807) is 14.2 Å². The van der Waals surface area contributed by atoms with Crippen LogP contribution in [0.15, 0.2) is 60.7 Å². The number of hydrogen-bond acceptors (Lipinski definition) is 6. The fourth-order valence-electron chi connectivity index (χ4n) is 4.14. The van der Waals surface area contributed by atoms with Crippen LogP contribution in [0.4, 0.5) is 17.1 Å². The third kappa shape index (κ3) is 4.74. The van der Waals surface area contributed by atoms with Gasteiger partial charge in [0.1, 0.15) is 5.75 Å². The first kappa shape index (κ1) is 21.8. The standard InChI is InChI=1S/C26H32N4O2/c1-28(2)21-8-6-20(7-9-21)26-24(14-15-25(27-26)32-4)30-17-5-16-29(18-19-30)22-10-12-23(31-3)13-11-22/h6-15H,5,16-19H2,1-4H3. The topological polar surface area (TPSA) is 41.1 Å². The summed E-state index contributed by atoms with van der Waals surface area (Å²) in [6.07, 6.45) is 1.08. The van der Waals surface area contributed by atoms with E-state index < -0.39 is 0 Å². The summed E-state index contributed by atoms with van der Waals surface area (Å²) < 4.78 is 10.7. The zero-order valence-corrected chi connectivity index (χ0v) is 19.4. The van der Waals surface area contributed by atoms with Gasteiger partial charge in [0, 0.05) is 63.3 Å². The highest BCUT2D eigenvalue weighted by Crippen LogP contribution is 2.33. The van der Waals surface area contributed by atoms with Crippen molar-refractivity contribution in [1.29, 1.82) is 0 Å². The second-order valence-electron chi connectivity index (χ2n) is 8.19. The van der Waals surface area contributed by atoms with Gasteiger partial charge in [0.05, 0.1) is 25.6 Å². The van der Waals surface area contributed by atoms with Crippen molar-refractivity contribution < 1.29 is 9.47 Å². The normalized spacial score (nSPS) is 14.1. The number of rotatable bonds is 6. The van der Waals surface area contributed by atoms with Crippen LogP contribution in [0.25, 0.3) is 11.3 Å². The number of ether oxygens (including phenoxy) is 2. The van der Waals surface area contributed by atoms with Gasteiger partial charge in [-0.25, -0.2) is 4.98 Å². The molecule has 1 aliphatic heterocycles. The number of methoxy groups -OCH3 is 2. The van der Waals surface area contributed by atoms with Gasteiger partial charge in [-0.3, -0.25) is 0 Å². The second-order valence-corrected chi connectivity index (χ2v) is 8.19. The molecule has 4 rings (SSSR count). The van der Waals surface area contributed by atoms with Crippen LogP contribution < -0.4 is 24.2 Å². The molecule has 0 saturated carbocycles. The van der Waals surface area contributed by atoms with E-state index in [1.807, 2.05) is 18.2 Å². The first-order chi connectivity index (χ1) is 15.6. The maximum Gasteiger partial charge on any atom is 0.213 e. The molecule has 3 aromatic rings. The fourth-order valence-corrected chi connectivity index (χ4v) is 4.14. The zero-order valence-electron chi connectivity index (χ0n) is 19.4. The van der Waals surface area contributed by atoms with Gasteiger partial charge in [0.25, 0.3) is 0 Å². The molecule has 1 aromatic heterocycles. The lowest BCUT2D eigenvalue weighted by atomic mass is 10.1. The van der Waals surface area contributed by atoms with Crippen LogP contribution in [-0.2, 0) is 0 Å². The average molecular weight is 433 g/mol. The summed E-state index contributed by atoms with van der Waals surface area (Å²) in [6.45, 7) is 3.91. The quantitative estimate of drug-likeness (QED) is 0.569. The molecule has 0 atom stereocenters. The van der Waals surface area contributed by atoms with E-state index in [1.165, 1.54) is 11.4 Å². The molecule has 0 bridgehead atoms. The summed E-state index contributed by atoms with van der Waals surface area (Å²) >= 11 is 0. The van der Waals surface area contributed by atoms with Crippen LogP contribution in [0.1, 0.15) is 6.42 Å². The highest BCUT2D eigenvalue weighted by atomic mass is 16.5. The molecule has 2 heterocycles. The number of hydrogen-bond donors (Lipinski definition) is 0. The van der Waals surface area contributed by atoms with Gasteiger partial charge >= 0.3 is 0 Å². The van der Waals surface area contributed by atoms with E-state index in [2.05, 4.69) is 71.3 Å². The Morgan fingerprint density at radius 1 is 0.750 bits per heavy atom. The van der Waals surface area contributed by atoms with E-state index in [-0.39, 0.29) is 0 Å². The lowest BCUT2D eigenvalue weighted by Crippen LogP contribution is -2.31. The summed E-state index contributed by atoms with van der Waals surface area (Å²) in [5.41, 5.74) is 5.62. The maximum atomic E-state index is 5.44. The highest BCUT2D eigenvalue weighted by molar-refractivity contribution is 5.77. The number of aromatic nitrogens is 1. The number of benzene rings is 2. The molecule has 6 nitrogen and oxygen atoms in total. The fraction of sp³-hybridized carbons (Fsp3) is 0.346. The van der Waals surface area contributed by atoms with Crippen molar-refractivity contribution in [3.63, 3.8) is 0 Å². The molecule has 0 aliphatic carbocycles. The summed E-state index contributed by atoms with van der Waals surface area (Å²) in [6, 6.07) is 21.0. The molecule has 1 aliphatic rings. The number of anilines is 3. The van der Waals surface area contributed by atoms with Crippen LogP contribution >= 0.6 is 0 Å². The Morgan fingerprint density at radius 3 is 2.09 bits per heavy atom.